The molecule has 0 bridgehead atoms. The molecule has 0 radical (unpaired) electrons. The molecule has 4 heterocycles. The third kappa shape index (κ3) is 3.27. The molecule has 0 aromatic carbocycles. The highest BCUT2D eigenvalue weighted by molar-refractivity contribution is 7.88. The van der Waals surface area contributed by atoms with Crippen LogP contribution in [0.25, 0.3) is 16.8 Å². The fraction of sp³-hybridized carbons (Fsp3) is 0.353. The number of piperidine rings is 1. The maximum absolute atomic E-state index is 11.6. The van der Waals surface area contributed by atoms with Crippen molar-refractivity contribution in [2.75, 3.05) is 19.3 Å². The SMILES string of the molecule is CS(=O)(=O)N1CCC(c2nc3ccc(-c4ccncc4)cn3n2)CC1. The maximum atomic E-state index is 11.6. The average molecular weight is 357 g/mol. The number of rotatable bonds is 3. The largest absolute Gasteiger partial charge is 0.265 e. The molecule has 0 atom stereocenters. The summed E-state index contributed by atoms with van der Waals surface area (Å²) in [5.74, 6) is 0.988. The summed E-state index contributed by atoms with van der Waals surface area (Å²) < 4.78 is 26.6. The first-order valence-electron chi connectivity index (χ1n) is 8.22. The summed E-state index contributed by atoms with van der Waals surface area (Å²) in [7, 11) is -3.11. The Morgan fingerprint density at radius 3 is 2.44 bits per heavy atom. The lowest BCUT2D eigenvalue weighted by Crippen LogP contribution is -2.37. The number of aromatic nitrogens is 4. The van der Waals surface area contributed by atoms with Gasteiger partial charge in [-0.1, -0.05) is 0 Å². The Morgan fingerprint density at radius 2 is 1.76 bits per heavy atom. The number of fused-ring (bicyclic) bond motifs is 1. The van der Waals surface area contributed by atoms with E-state index in [1.807, 2.05) is 30.5 Å². The van der Waals surface area contributed by atoms with Crippen LogP contribution in [0.5, 0.6) is 0 Å². The molecule has 1 aliphatic heterocycles. The van der Waals surface area contributed by atoms with Crippen LogP contribution in [0.2, 0.25) is 0 Å². The van der Waals surface area contributed by atoms with Crippen LogP contribution >= 0.6 is 0 Å². The van der Waals surface area contributed by atoms with Gasteiger partial charge in [0, 0.05) is 43.2 Å². The Labute approximate surface area is 146 Å². The summed E-state index contributed by atoms with van der Waals surface area (Å²) in [4.78, 5) is 8.67. The minimum atomic E-state index is -3.11. The molecule has 8 heteroatoms. The van der Waals surface area contributed by atoms with Gasteiger partial charge in [0.05, 0.1) is 6.26 Å². The van der Waals surface area contributed by atoms with E-state index in [9.17, 15) is 8.42 Å². The van der Waals surface area contributed by atoms with Gasteiger partial charge < -0.3 is 0 Å². The van der Waals surface area contributed by atoms with Crippen molar-refractivity contribution in [2.45, 2.75) is 18.8 Å². The van der Waals surface area contributed by atoms with Gasteiger partial charge in [-0.3, -0.25) is 4.98 Å². The molecule has 25 heavy (non-hydrogen) atoms. The molecule has 4 rings (SSSR count). The highest BCUT2D eigenvalue weighted by atomic mass is 32.2. The van der Waals surface area contributed by atoms with E-state index in [0.29, 0.717) is 13.1 Å². The Hall–Kier alpha value is -2.32. The summed E-state index contributed by atoms with van der Waals surface area (Å²) in [6.45, 7) is 1.06. The first-order chi connectivity index (χ1) is 12.0. The number of hydrogen-bond donors (Lipinski definition) is 0. The van der Waals surface area contributed by atoms with Crippen molar-refractivity contribution in [1.82, 2.24) is 23.9 Å². The number of nitrogens with zero attached hydrogens (tertiary/aromatic N) is 5. The lowest BCUT2D eigenvalue weighted by Gasteiger charge is -2.28. The van der Waals surface area contributed by atoms with Crippen LogP contribution in [-0.2, 0) is 10.0 Å². The molecule has 1 fully saturated rings. The molecule has 0 amide bonds. The normalized spacial score (nSPS) is 17.2. The quantitative estimate of drug-likeness (QED) is 0.715. The third-order valence-electron chi connectivity index (χ3n) is 4.65. The molecule has 3 aromatic rings. The minimum absolute atomic E-state index is 0.197. The molecule has 130 valence electrons. The molecule has 0 spiro atoms. The van der Waals surface area contributed by atoms with E-state index in [2.05, 4.69) is 15.1 Å². The fourth-order valence-corrected chi connectivity index (χ4v) is 4.11. The number of sulfonamides is 1. The van der Waals surface area contributed by atoms with E-state index < -0.39 is 10.0 Å². The first-order valence-corrected chi connectivity index (χ1v) is 10.1. The van der Waals surface area contributed by atoms with Crippen molar-refractivity contribution in [3.8, 4) is 11.1 Å². The smallest absolute Gasteiger partial charge is 0.211 e. The second-order valence-corrected chi connectivity index (χ2v) is 8.35. The van der Waals surface area contributed by atoms with Gasteiger partial charge in [0.25, 0.3) is 0 Å². The molecule has 0 unspecified atom stereocenters. The Morgan fingerprint density at radius 1 is 1.04 bits per heavy atom. The third-order valence-corrected chi connectivity index (χ3v) is 5.95. The molecule has 0 saturated carbocycles. The van der Waals surface area contributed by atoms with Crippen molar-refractivity contribution < 1.29 is 8.42 Å². The van der Waals surface area contributed by atoms with Gasteiger partial charge in [0.2, 0.25) is 10.0 Å². The Kier molecular flexibility index (Phi) is 4.01. The van der Waals surface area contributed by atoms with Gasteiger partial charge in [0.15, 0.2) is 11.5 Å². The van der Waals surface area contributed by atoms with Crippen LogP contribution in [0.4, 0.5) is 0 Å². The summed E-state index contributed by atoms with van der Waals surface area (Å²) in [6.07, 6.45) is 8.26. The lowest BCUT2D eigenvalue weighted by atomic mass is 9.98. The zero-order valence-electron chi connectivity index (χ0n) is 13.9. The van der Waals surface area contributed by atoms with Gasteiger partial charge in [-0.25, -0.2) is 22.2 Å². The van der Waals surface area contributed by atoms with Crippen molar-refractivity contribution in [3.63, 3.8) is 0 Å². The highest BCUT2D eigenvalue weighted by Gasteiger charge is 2.28. The standard InChI is InChI=1S/C17H19N5O2S/c1-25(23,24)21-10-6-14(7-11-21)17-19-16-3-2-15(12-22(16)20-17)13-4-8-18-9-5-13/h2-5,8-9,12,14H,6-7,10-11H2,1H3. The van der Waals surface area contributed by atoms with Gasteiger partial charge in [0.1, 0.15) is 0 Å². The predicted molar refractivity (Wildman–Crippen MR) is 94.6 cm³/mol. The molecule has 3 aromatic heterocycles. The minimum Gasteiger partial charge on any atom is -0.265 e. The average Bonchev–Trinajstić information content (AvgIpc) is 3.05. The molecule has 0 N–H and O–H groups in total. The van der Waals surface area contributed by atoms with Gasteiger partial charge >= 0.3 is 0 Å². The van der Waals surface area contributed by atoms with E-state index in [1.54, 1.807) is 16.9 Å². The Bertz CT molecular complexity index is 992. The van der Waals surface area contributed by atoms with Crippen LogP contribution in [0, 0.1) is 0 Å². The van der Waals surface area contributed by atoms with E-state index in [4.69, 9.17) is 0 Å². The summed E-state index contributed by atoms with van der Waals surface area (Å²) in [5.41, 5.74) is 2.94. The lowest BCUT2D eigenvalue weighted by molar-refractivity contribution is 0.315. The number of hydrogen-bond acceptors (Lipinski definition) is 5. The molecular weight excluding hydrogens is 338 g/mol. The Balaban J connectivity index is 1.58. The zero-order chi connectivity index (χ0) is 17.4. The van der Waals surface area contributed by atoms with Gasteiger partial charge in [-0.05, 0) is 42.7 Å². The zero-order valence-corrected chi connectivity index (χ0v) is 14.7. The van der Waals surface area contributed by atoms with Gasteiger partial charge in [-0.2, -0.15) is 5.10 Å². The second kappa shape index (κ2) is 6.20. The van der Waals surface area contributed by atoms with Crippen LogP contribution in [0.1, 0.15) is 24.6 Å². The van der Waals surface area contributed by atoms with Crippen LogP contribution in [0.15, 0.2) is 42.9 Å². The van der Waals surface area contributed by atoms with E-state index in [0.717, 1.165) is 35.4 Å². The van der Waals surface area contributed by atoms with Crippen molar-refractivity contribution in [2.24, 2.45) is 0 Å². The van der Waals surface area contributed by atoms with Crippen molar-refractivity contribution in [3.05, 3.63) is 48.7 Å². The number of pyridine rings is 2. The second-order valence-electron chi connectivity index (χ2n) is 6.36. The topological polar surface area (TPSA) is 80.5 Å². The predicted octanol–water partition coefficient (Wildman–Crippen LogP) is 1.93. The molecule has 7 nitrogen and oxygen atoms in total. The molecule has 1 saturated heterocycles. The van der Waals surface area contributed by atoms with Gasteiger partial charge in [-0.15, -0.1) is 0 Å². The monoisotopic (exact) mass is 357 g/mol. The van der Waals surface area contributed by atoms with E-state index in [1.165, 1.54) is 10.6 Å². The van der Waals surface area contributed by atoms with Crippen LogP contribution in [0.3, 0.4) is 0 Å². The summed E-state index contributed by atoms with van der Waals surface area (Å²) in [5, 5.41) is 4.63. The van der Waals surface area contributed by atoms with Crippen LogP contribution < -0.4 is 0 Å². The van der Waals surface area contributed by atoms with Crippen LogP contribution in [-0.4, -0.2) is 51.7 Å². The summed E-state index contributed by atoms with van der Waals surface area (Å²) >= 11 is 0. The van der Waals surface area contributed by atoms with Crippen molar-refractivity contribution >= 4 is 15.7 Å². The fourth-order valence-electron chi connectivity index (χ4n) is 3.23. The molecule has 0 aliphatic carbocycles. The highest BCUT2D eigenvalue weighted by Crippen LogP contribution is 2.27. The molecule has 1 aliphatic rings. The maximum Gasteiger partial charge on any atom is 0.211 e. The van der Waals surface area contributed by atoms with E-state index >= 15 is 0 Å². The molecular formula is C17H19N5O2S. The van der Waals surface area contributed by atoms with Crippen molar-refractivity contribution in [1.29, 1.82) is 0 Å². The summed E-state index contributed by atoms with van der Waals surface area (Å²) in [6, 6.07) is 7.90. The first kappa shape index (κ1) is 16.2. The van der Waals surface area contributed by atoms with E-state index in [-0.39, 0.29) is 5.92 Å².